The summed E-state index contributed by atoms with van der Waals surface area (Å²) in [4.78, 5) is 24.3. The molecule has 2 aromatic carbocycles. The first-order chi connectivity index (χ1) is 12.5. The highest BCUT2D eigenvalue weighted by atomic mass is 35.5. The number of hydrogen-bond acceptors (Lipinski definition) is 4. The molecular formula is C19H16ClNO5. The van der Waals surface area contributed by atoms with Crippen LogP contribution in [0, 0.1) is 0 Å². The molecule has 1 heterocycles. The Labute approximate surface area is 154 Å². The number of carboxylic acids is 1. The quantitative estimate of drug-likeness (QED) is 0.717. The van der Waals surface area contributed by atoms with Crippen molar-refractivity contribution in [3.63, 3.8) is 0 Å². The van der Waals surface area contributed by atoms with E-state index in [1.54, 1.807) is 42.5 Å². The smallest absolute Gasteiger partial charge is 0.307 e. The minimum atomic E-state index is -1.06. The highest BCUT2D eigenvalue weighted by Crippen LogP contribution is 2.31. The van der Waals surface area contributed by atoms with Gasteiger partial charge in [-0.05, 0) is 48.0 Å². The molecule has 2 N–H and O–H groups in total. The van der Waals surface area contributed by atoms with E-state index in [1.165, 1.54) is 11.7 Å². The third kappa shape index (κ3) is 3.16. The predicted molar refractivity (Wildman–Crippen MR) is 96.9 cm³/mol. The van der Waals surface area contributed by atoms with Crippen molar-refractivity contribution in [2.75, 3.05) is 7.11 Å². The molecule has 0 radical (unpaired) electrons. The number of aliphatic hydroxyl groups excluding tert-OH is 1. The van der Waals surface area contributed by atoms with E-state index in [1.807, 2.05) is 0 Å². The summed E-state index contributed by atoms with van der Waals surface area (Å²) in [6, 6.07) is 11.4. The van der Waals surface area contributed by atoms with E-state index in [-0.39, 0.29) is 18.0 Å². The first-order valence-corrected chi connectivity index (χ1v) is 8.17. The third-order valence-electron chi connectivity index (χ3n) is 4.16. The van der Waals surface area contributed by atoms with E-state index in [0.29, 0.717) is 32.8 Å². The lowest BCUT2D eigenvalue weighted by Crippen LogP contribution is -2.16. The first-order valence-electron chi connectivity index (χ1n) is 7.79. The maximum atomic E-state index is 13.0. The fraction of sp³-hybridized carbons (Fsp3) is 0.158. The lowest BCUT2D eigenvalue weighted by Gasteiger charge is -2.09. The van der Waals surface area contributed by atoms with Crippen molar-refractivity contribution in [2.45, 2.75) is 13.0 Å². The van der Waals surface area contributed by atoms with Crippen molar-refractivity contribution in [1.82, 2.24) is 4.57 Å². The summed E-state index contributed by atoms with van der Waals surface area (Å²) in [5.74, 6) is -0.900. The number of hydrogen-bond donors (Lipinski definition) is 2. The summed E-state index contributed by atoms with van der Waals surface area (Å²) < 4.78 is 6.55. The molecule has 0 saturated carbocycles. The summed E-state index contributed by atoms with van der Waals surface area (Å²) in [7, 11) is 1.50. The average molecular weight is 374 g/mol. The van der Waals surface area contributed by atoms with E-state index in [0.717, 1.165) is 0 Å². The number of fused-ring (bicyclic) bond motifs is 1. The van der Waals surface area contributed by atoms with E-state index in [9.17, 15) is 19.8 Å². The fourth-order valence-corrected chi connectivity index (χ4v) is 3.11. The standard InChI is InChI=1S/C19H16ClNO5/c1-26-13-6-7-16-14(8-13)15(9-18(23)24)17(10-22)21(16)19(25)11-2-4-12(20)5-3-11/h2-8,22H,9-10H2,1H3,(H,23,24). The molecule has 1 aromatic heterocycles. The van der Waals surface area contributed by atoms with Gasteiger partial charge in [-0.25, -0.2) is 0 Å². The van der Waals surface area contributed by atoms with Gasteiger partial charge in [-0.15, -0.1) is 0 Å². The monoisotopic (exact) mass is 373 g/mol. The Morgan fingerprint density at radius 3 is 2.42 bits per heavy atom. The number of aliphatic carboxylic acids is 1. The molecule has 134 valence electrons. The summed E-state index contributed by atoms with van der Waals surface area (Å²) >= 11 is 5.87. The van der Waals surface area contributed by atoms with Gasteiger partial charge < -0.3 is 14.9 Å². The average Bonchev–Trinajstić information content (AvgIpc) is 2.93. The third-order valence-corrected chi connectivity index (χ3v) is 4.41. The molecule has 0 spiro atoms. The van der Waals surface area contributed by atoms with Crippen LogP contribution in [-0.4, -0.2) is 33.8 Å². The van der Waals surface area contributed by atoms with Gasteiger partial charge in [-0.3, -0.25) is 14.2 Å². The number of ether oxygens (including phenoxy) is 1. The lowest BCUT2D eigenvalue weighted by molar-refractivity contribution is -0.136. The van der Waals surface area contributed by atoms with Crippen LogP contribution < -0.4 is 4.74 Å². The van der Waals surface area contributed by atoms with Crippen molar-refractivity contribution in [2.24, 2.45) is 0 Å². The number of carboxylic acid groups (broad SMARTS) is 1. The lowest BCUT2D eigenvalue weighted by atomic mass is 10.1. The van der Waals surface area contributed by atoms with Crippen molar-refractivity contribution >= 4 is 34.4 Å². The molecule has 0 fully saturated rings. The number of nitrogens with zero attached hydrogens (tertiary/aromatic N) is 1. The fourth-order valence-electron chi connectivity index (χ4n) is 2.98. The van der Waals surface area contributed by atoms with Crippen molar-refractivity contribution in [1.29, 1.82) is 0 Å². The largest absolute Gasteiger partial charge is 0.497 e. The molecule has 7 heteroatoms. The molecule has 0 aliphatic rings. The van der Waals surface area contributed by atoms with Gasteiger partial charge >= 0.3 is 5.97 Å². The molecule has 0 amide bonds. The number of benzene rings is 2. The van der Waals surface area contributed by atoms with Crippen molar-refractivity contribution < 1.29 is 24.5 Å². The molecule has 0 atom stereocenters. The minimum Gasteiger partial charge on any atom is -0.497 e. The molecule has 6 nitrogen and oxygen atoms in total. The number of carbonyl (C=O) groups is 2. The first kappa shape index (κ1) is 18.0. The normalized spacial score (nSPS) is 10.9. The number of halogens is 1. The number of carbonyl (C=O) groups excluding carboxylic acids is 1. The Bertz CT molecular complexity index is 991. The Morgan fingerprint density at radius 1 is 1.15 bits per heavy atom. The van der Waals surface area contributed by atoms with Crippen LogP contribution in [0.2, 0.25) is 5.02 Å². The van der Waals surface area contributed by atoms with E-state index in [4.69, 9.17) is 16.3 Å². The van der Waals surface area contributed by atoms with Gasteiger partial charge in [0.1, 0.15) is 5.75 Å². The number of aliphatic hydroxyl groups is 1. The zero-order valence-corrected chi connectivity index (χ0v) is 14.7. The SMILES string of the molecule is COc1ccc2c(c1)c(CC(=O)O)c(CO)n2C(=O)c1ccc(Cl)cc1. The second-order valence-electron chi connectivity index (χ2n) is 5.68. The van der Waals surface area contributed by atoms with Gasteiger partial charge in [-0.1, -0.05) is 11.6 Å². The van der Waals surface area contributed by atoms with Gasteiger partial charge in [-0.2, -0.15) is 0 Å². The molecule has 0 aliphatic heterocycles. The van der Waals surface area contributed by atoms with E-state index >= 15 is 0 Å². The molecule has 0 unspecified atom stereocenters. The molecule has 3 rings (SSSR count). The summed E-state index contributed by atoms with van der Waals surface area (Å²) in [6.07, 6.45) is -0.319. The molecule has 0 saturated heterocycles. The van der Waals surface area contributed by atoms with Crippen LogP contribution in [0.3, 0.4) is 0 Å². The molecular weight excluding hydrogens is 358 g/mol. The van der Waals surface area contributed by atoms with Crippen LogP contribution in [0.4, 0.5) is 0 Å². The van der Waals surface area contributed by atoms with E-state index in [2.05, 4.69) is 0 Å². The van der Waals surface area contributed by atoms with Gasteiger partial charge in [0.25, 0.3) is 5.91 Å². The maximum Gasteiger partial charge on any atom is 0.307 e. The van der Waals surface area contributed by atoms with Gasteiger partial charge in [0, 0.05) is 16.0 Å². The molecule has 26 heavy (non-hydrogen) atoms. The second kappa shape index (κ2) is 7.19. The highest BCUT2D eigenvalue weighted by molar-refractivity contribution is 6.30. The summed E-state index contributed by atoms with van der Waals surface area (Å²) in [5, 5.41) is 20.2. The summed E-state index contributed by atoms with van der Waals surface area (Å²) in [5.41, 5.74) is 1.51. The van der Waals surface area contributed by atoms with Crippen LogP contribution in [-0.2, 0) is 17.8 Å². The topological polar surface area (TPSA) is 88.8 Å². The number of aromatic nitrogens is 1. The van der Waals surface area contributed by atoms with Gasteiger partial charge in [0.05, 0.1) is 31.3 Å². The minimum absolute atomic E-state index is 0.246. The Morgan fingerprint density at radius 2 is 1.85 bits per heavy atom. The van der Waals surface area contributed by atoms with Crippen molar-refractivity contribution in [3.05, 3.63) is 64.3 Å². The Hall–Kier alpha value is -2.83. The van der Waals surface area contributed by atoms with Crippen molar-refractivity contribution in [3.8, 4) is 5.75 Å². The molecule has 0 bridgehead atoms. The Balaban J connectivity index is 2.28. The molecule has 0 aliphatic carbocycles. The second-order valence-corrected chi connectivity index (χ2v) is 6.12. The van der Waals surface area contributed by atoms with Gasteiger partial charge in [0.2, 0.25) is 0 Å². The molecule has 3 aromatic rings. The highest BCUT2D eigenvalue weighted by Gasteiger charge is 2.23. The van der Waals surface area contributed by atoms with Crippen LogP contribution in [0.25, 0.3) is 10.9 Å². The summed E-state index contributed by atoms with van der Waals surface area (Å²) in [6.45, 7) is -0.473. The van der Waals surface area contributed by atoms with Crippen LogP contribution >= 0.6 is 11.6 Å². The van der Waals surface area contributed by atoms with Gasteiger partial charge in [0.15, 0.2) is 0 Å². The van der Waals surface area contributed by atoms with Crippen LogP contribution in [0.1, 0.15) is 21.6 Å². The van der Waals surface area contributed by atoms with Crippen LogP contribution in [0.15, 0.2) is 42.5 Å². The zero-order chi connectivity index (χ0) is 18.8. The predicted octanol–water partition coefficient (Wildman–Crippen LogP) is 3.11. The number of rotatable bonds is 5. The Kier molecular flexibility index (Phi) is 4.97. The zero-order valence-electron chi connectivity index (χ0n) is 13.9. The maximum absolute atomic E-state index is 13.0. The van der Waals surface area contributed by atoms with Crippen LogP contribution in [0.5, 0.6) is 5.75 Å². The number of methoxy groups -OCH3 is 1. The van der Waals surface area contributed by atoms with E-state index < -0.39 is 12.6 Å².